The van der Waals surface area contributed by atoms with Crippen molar-refractivity contribution in [2.45, 2.75) is 6.92 Å². The molecule has 0 aliphatic rings. The predicted molar refractivity (Wildman–Crippen MR) is 83.1 cm³/mol. The van der Waals surface area contributed by atoms with Gasteiger partial charge < -0.3 is 9.15 Å². The molecule has 2 aromatic heterocycles. The molecule has 0 fully saturated rings. The van der Waals surface area contributed by atoms with Gasteiger partial charge in [0, 0.05) is 18.0 Å². The highest BCUT2D eigenvalue weighted by molar-refractivity contribution is 6.03. The minimum Gasteiger partial charge on any atom is -0.494 e. The van der Waals surface area contributed by atoms with Crippen LogP contribution in [0.1, 0.15) is 17.3 Å². The van der Waals surface area contributed by atoms with Gasteiger partial charge in [0.15, 0.2) is 0 Å². The van der Waals surface area contributed by atoms with Crippen LogP contribution in [0, 0.1) is 0 Å². The molecule has 0 aliphatic carbocycles. The monoisotopic (exact) mass is 310 g/mol. The van der Waals surface area contributed by atoms with E-state index in [1.54, 1.807) is 48.8 Å². The Balaban J connectivity index is 1.69. The van der Waals surface area contributed by atoms with E-state index in [-0.39, 0.29) is 11.9 Å². The number of amides is 1. The van der Waals surface area contributed by atoms with Gasteiger partial charge in [-0.05, 0) is 43.3 Å². The molecule has 116 valence electrons. The van der Waals surface area contributed by atoms with Gasteiger partial charge in [-0.2, -0.15) is 0 Å². The van der Waals surface area contributed by atoms with Crippen molar-refractivity contribution < 1.29 is 13.9 Å². The molecular formula is C16H14N4O3. The van der Waals surface area contributed by atoms with Gasteiger partial charge in [-0.25, -0.2) is 0 Å². The van der Waals surface area contributed by atoms with Crippen LogP contribution < -0.4 is 10.1 Å². The molecule has 0 spiro atoms. The van der Waals surface area contributed by atoms with Gasteiger partial charge in [0.2, 0.25) is 0 Å². The van der Waals surface area contributed by atoms with E-state index >= 15 is 0 Å². The third kappa shape index (κ3) is 3.52. The van der Waals surface area contributed by atoms with E-state index < -0.39 is 0 Å². The Labute approximate surface area is 132 Å². The molecule has 3 rings (SSSR count). The average molecular weight is 310 g/mol. The van der Waals surface area contributed by atoms with Crippen molar-refractivity contribution in [3.8, 4) is 17.2 Å². The smallest absolute Gasteiger partial charge is 0.322 e. The van der Waals surface area contributed by atoms with Gasteiger partial charge >= 0.3 is 6.01 Å². The zero-order valence-electron chi connectivity index (χ0n) is 12.4. The van der Waals surface area contributed by atoms with Crippen molar-refractivity contribution in [2.75, 3.05) is 11.9 Å². The van der Waals surface area contributed by atoms with E-state index in [0.717, 1.165) is 0 Å². The van der Waals surface area contributed by atoms with E-state index in [2.05, 4.69) is 20.5 Å². The summed E-state index contributed by atoms with van der Waals surface area (Å²) in [5.41, 5.74) is 1.15. The first-order valence-electron chi connectivity index (χ1n) is 7.04. The molecule has 23 heavy (non-hydrogen) atoms. The van der Waals surface area contributed by atoms with E-state index in [1.165, 1.54) is 0 Å². The fraction of sp³-hybridized carbons (Fsp3) is 0.125. The molecule has 1 amide bonds. The van der Waals surface area contributed by atoms with Crippen LogP contribution >= 0.6 is 0 Å². The fourth-order valence-corrected chi connectivity index (χ4v) is 1.92. The Morgan fingerprint density at radius 1 is 1.22 bits per heavy atom. The second-order valence-electron chi connectivity index (χ2n) is 4.57. The zero-order chi connectivity index (χ0) is 16.1. The average Bonchev–Trinajstić information content (AvgIpc) is 3.05. The molecule has 0 saturated carbocycles. The van der Waals surface area contributed by atoms with Gasteiger partial charge in [0.25, 0.3) is 11.8 Å². The fourth-order valence-electron chi connectivity index (χ4n) is 1.92. The number of nitrogens with zero attached hydrogens (tertiary/aromatic N) is 3. The van der Waals surface area contributed by atoms with Crippen LogP contribution in [0.25, 0.3) is 11.5 Å². The first-order chi connectivity index (χ1) is 11.3. The highest BCUT2D eigenvalue weighted by Gasteiger charge is 2.12. The van der Waals surface area contributed by atoms with Crippen LogP contribution in [-0.2, 0) is 0 Å². The maximum Gasteiger partial charge on any atom is 0.322 e. The lowest BCUT2D eigenvalue weighted by molar-refractivity contribution is 0.102. The zero-order valence-corrected chi connectivity index (χ0v) is 12.4. The lowest BCUT2D eigenvalue weighted by Gasteiger charge is -2.04. The number of pyridine rings is 1. The topological polar surface area (TPSA) is 90.1 Å². The van der Waals surface area contributed by atoms with Crippen LogP contribution in [0.4, 0.5) is 6.01 Å². The molecule has 0 saturated heterocycles. The van der Waals surface area contributed by atoms with Gasteiger partial charge in [-0.15, -0.1) is 5.10 Å². The van der Waals surface area contributed by atoms with Gasteiger partial charge in [-0.1, -0.05) is 5.10 Å². The molecule has 3 aromatic rings. The van der Waals surface area contributed by atoms with Crippen molar-refractivity contribution in [1.29, 1.82) is 0 Å². The second kappa shape index (κ2) is 6.69. The molecule has 0 aliphatic heterocycles. The second-order valence-corrected chi connectivity index (χ2v) is 4.57. The first kappa shape index (κ1) is 14.7. The van der Waals surface area contributed by atoms with E-state index in [4.69, 9.17) is 9.15 Å². The molecule has 1 aromatic carbocycles. The number of ether oxygens (including phenoxy) is 1. The van der Waals surface area contributed by atoms with Crippen LogP contribution in [-0.4, -0.2) is 27.7 Å². The molecule has 0 unspecified atom stereocenters. The number of benzene rings is 1. The predicted octanol–water partition coefficient (Wildman–Crippen LogP) is 2.78. The minimum atomic E-state index is -0.338. The van der Waals surface area contributed by atoms with E-state index in [0.29, 0.717) is 29.4 Å². The Kier molecular flexibility index (Phi) is 4.28. The molecular weight excluding hydrogens is 296 g/mol. The number of anilines is 1. The number of carbonyl (C=O) groups excluding carboxylic acids is 1. The first-order valence-corrected chi connectivity index (χ1v) is 7.04. The number of carbonyl (C=O) groups is 1. The number of hydrogen-bond donors (Lipinski definition) is 1. The van der Waals surface area contributed by atoms with Crippen molar-refractivity contribution in [3.05, 3.63) is 54.4 Å². The SMILES string of the molecule is CCOc1ccc(C(=O)Nc2nnc(-c3cccnc3)o2)cc1. The van der Waals surface area contributed by atoms with Crippen molar-refractivity contribution in [3.63, 3.8) is 0 Å². The Bertz CT molecular complexity index is 785. The number of hydrogen-bond acceptors (Lipinski definition) is 6. The summed E-state index contributed by atoms with van der Waals surface area (Å²) in [6, 6.07) is 10.4. The summed E-state index contributed by atoms with van der Waals surface area (Å²) in [4.78, 5) is 16.1. The van der Waals surface area contributed by atoms with Crippen LogP contribution in [0.5, 0.6) is 5.75 Å². The van der Waals surface area contributed by atoms with E-state index in [9.17, 15) is 4.79 Å². The Morgan fingerprint density at radius 2 is 2.04 bits per heavy atom. The van der Waals surface area contributed by atoms with E-state index in [1.807, 2.05) is 6.92 Å². The molecule has 7 heteroatoms. The molecule has 1 N–H and O–H groups in total. The number of aromatic nitrogens is 3. The lowest BCUT2D eigenvalue weighted by Crippen LogP contribution is -2.12. The summed E-state index contributed by atoms with van der Waals surface area (Å²) in [5, 5.41) is 10.2. The lowest BCUT2D eigenvalue weighted by atomic mass is 10.2. The summed E-state index contributed by atoms with van der Waals surface area (Å²) in [5.74, 6) is 0.662. The normalized spacial score (nSPS) is 10.3. The quantitative estimate of drug-likeness (QED) is 0.779. The maximum atomic E-state index is 12.1. The summed E-state index contributed by atoms with van der Waals surface area (Å²) in [7, 11) is 0. The largest absolute Gasteiger partial charge is 0.494 e. The summed E-state index contributed by atoms with van der Waals surface area (Å²) < 4.78 is 10.7. The van der Waals surface area contributed by atoms with Gasteiger partial charge in [-0.3, -0.25) is 15.1 Å². The number of nitrogens with one attached hydrogen (secondary N) is 1. The van der Waals surface area contributed by atoms with Gasteiger partial charge in [0.05, 0.1) is 12.2 Å². The molecule has 0 bridgehead atoms. The third-order valence-electron chi connectivity index (χ3n) is 2.98. The van der Waals surface area contributed by atoms with Crippen molar-refractivity contribution >= 4 is 11.9 Å². The maximum absolute atomic E-state index is 12.1. The van der Waals surface area contributed by atoms with Crippen LogP contribution in [0.3, 0.4) is 0 Å². The van der Waals surface area contributed by atoms with Crippen molar-refractivity contribution in [2.24, 2.45) is 0 Å². The molecule has 2 heterocycles. The Morgan fingerprint density at radius 3 is 2.74 bits per heavy atom. The third-order valence-corrected chi connectivity index (χ3v) is 2.98. The number of rotatable bonds is 5. The minimum absolute atomic E-state index is 0.0303. The highest BCUT2D eigenvalue weighted by atomic mass is 16.5. The van der Waals surface area contributed by atoms with Crippen molar-refractivity contribution in [1.82, 2.24) is 15.2 Å². The van der Waals surface area contributed by atoms with Crippen LogP contribution in [0.15, 0.2) is 53.2 Å². The summed E-state index contributed by atoms with van der Waals surface area (Å²) in [6.07, 6.45) is 3.25. The standard InChI is InChI=1S/C16H14N4O3/c1-2-22-13-7-5-11(6-8-13)14(21)18-16-20-19-15(23-16)12-4-3-9-17-10-12/h3-10H,2H2,1H3,(H,18,20,21). The summed E-state index contributed by atoms with van der Waals surface area (Å²) >= 11 is 0. The Hall–Kier alpha value is -3.22. The highest BCUT2D eigenvalue weighted by Crippen LogP contribution is 2.19. The molecule has 7 nitrogen and oxygen atoms in total. The molecule has 0 radical (unpaired) electrons. The van der Waals surface area contributed by atoms with Gasteiger partial charge in [0.1, 0.15) is 5.75 Å². The molecule has 0 atom stereocenters. The van der Waals surface area contributed by atoms with Crippen LogP contribution in [0.2, 0.25) is 0 Å². The summed E-state index contributed by atoms with van der Waals surface area (Å²) in [6.45, 7) is 2.47.